The minimum atomic E-state index is 0.0742. The van der Waals surface area contributed by atoms with E-state index in [1.807, 2.05) is 6.92 Å². The summed E-state index contributed by atoms with van der Waals surface area (Å²) < 4.78 is 5.05. The number of allylic oxidation sites excluding steroid dienone is 2. The molecule has 1 atom stereocenters. The van der Waals surface area contributed by atoms with E-state index in [1.165, 1.54) is 0 Å². The van der Waals surface area contributed by atoms with Crippen molar-refractivity contribution in [3.63, 3.8) is 0 Å². The molecule has 0 aliphatic heterocycles. The fourth-order valence-corrected chi connectivity index (χ4v) is 2.19. The second kappa shape index (κ2) is 5.17. The molecule has 18 heavy (non-hydrogen) atoms. The number of Topliss-reactive ketones (excluding diaryl/α,β-unsaturated/α-hetero) is 1. The summed E-state index contributed by atoms with van der Waals surface area (Å²) in [6.45, 7) is 1.91. The maximum Gasteiger partial charge on any atom is 0.163 e. The van der Waals surface area contributed by atoms with Crippen LogP contribution < -0.4 is 4.74 Å². The summed E-state index contributed by atoms with van der Waals surface area (Å²) in [5, 5.41) is 0. The zero-order valence-corrected chi connectivity index (χ0v) is 10.6. The Labute approximate surface area is 106 Å². The zero-order chi connectivity index (χ0) is 13.1. The van der Waals surface area contributed by atoms with E-state index in [-0.39, 0.29) is 17.5 Å². The Morgan fingerprint density at radius 1 is 1.33 bits per heavy atom. The van der Waals surface area contributed by atoms with Crippen LogP contribution in [0.3, 0.4) is 0 Å². The van der Waals surface area contributed by atoms with Gasteiger partial charge in [0.1, 0.15) is 5.75 Å². The molecule has 94 valence electrons. The van der Waals surface area contributed by atoms with E-state index in [9.17, 15) is 9.59 Å². The van der Waals surface area contributed by atoms with Crippen LogP contribution in [0.15, 0.2) is 35.9 Å². The van der Waals surface area contributed by atoms with Crippen molar-refractivity contribution in [3.05, 3.63) is 41.5 Å². The lowest BCUT2D eigenvalue weighted by Gasteiger charge is -2.10. The summed E-state index contributed by atoms with van der Waals surface area (Å²) in [6, 6.07) is 7.07. The normalized spacial score (nSPS) is 18.7. The summed E-state index contributed by atoms with van der Waals surface area (Å²) >= 11 is 0. The second-order valence-electron chi connectivity index (χ2n) is 4.61. The topological polar surface area (TPSA) is 43.4 Å². The summed E-state index contributed by atoms with van der Waals surface area (Å²) in [7, 11) is 1.59. The molecule has 0 aromatic heterocycles. The van der Waals surface area contributed by atoms with Gasteiger partial charge in [-0.1, -0.05) is 5.57 Å². The molecule has 1 aromatic carbocycles. The number of carbonyl (C=O) groups is 2. The highest BCUT2D eigenvalue weighted by Crippen LogP contribution is 2.27. The number of hydrogen-bond donors (Lipinski definition) is 0. The molecule has 1 aliphatic rings. The molecule has 2 rings (SSSR count). The fourth-order valence-electron chi connectivity index (χ4n) is 2.19. The maximum absolute atomic E-state index is 12.1. The van der Waals surface area contributed by atoms with Crippen LogP contribution in [0.5, 0.6) is 5.75 Å². The van der Waals surface area contributed by atoms with E-state index >= 15 is 0 Å². The van der Waals surface area contributed by atoms with Gasteiger partial charge >= 0.3 is 0 Å². The third kappa shape index (κ3) is 2.67. The predicted molar refractivity (Wildman–Crippen MR) is 68.8 cm³/mol. The monoisotopic (exact) mass is 244 g/mol. The van der Waals surface area contributed by atoms with Gasteiger partial charge in [0.15, 0.2) is 11.6 Å². The quantitative estimate of drug-likeness (QED) is 0.765. The van der Waals surface area contributed by atoms with Crippen molar-refractivity contribution in [1.29, 1.82) is 0 Å². The van der Waals surface area contributed by atoms with Crippen molar-refractivity contribution in [2.24, 2.45) is 5.92 Å². The Morgan fingerprint density at radius 3 is 2.50 bits per heavy atom. The van der Waals surface area contributed by atoms with E-state index in [2.05, 4.69) is 0 Å². The molecule has 0 fully saturated rings. The van der Waals surface area contributed by atoms with Crippen LogP contribution in [-0.2, 0) is 4.79 Å². The first kappa shape index (κ1) is 12.6. The first-order valence-electron chi connectivity index (χ1n) is 5.98. The molecule has 0 bridgehead atoms. The van der Waals surface area contributed by atoms with Crippen LogP contribution in [0.1, 0.15) is 30.1 Å². The second-order valence-corrected chi connectivity index (χ2v) is 4.61. The average molecular weight is 244 g/mol. The molecule has 0 N–H and O–H groups in total. The Bertz CT molecular complexity index is 497. The fraction of sp³-hybridized carbons (Fsp3) is 0.333. The van der Waals surface area contributed by atoms with Crippen LogP contribution >= 0.6 is 0 Å². The van der Waals surface area contributed by atoms with Crippen LogP contribution in [-0.4, -0.2) is 18.7 Å². The van der Waals surface area contributed by atoms with Crippen molar-refractivity contribution in [1.82, 2.24) is 0 Å². The first-order chi connectivity index (χ1) is 8.60. The smallest absolute Gasteiger partial charge is 0.163 e. The average Bonchev–Trinajstić information content (AvgIpc) is 2.68. The molecule has 0 amide bonds. The van der Waals surface area contributed by atoms with Crippen LogP contribution in [0, 0.1) is 5.92 Å². The molecule has 0 heterocycles. The van der Waals surface area contributed by atoms with Crippen molar-refractivity contribution in [2.45, 2.75) is 19.8 Å². The lowest BCUT2D eigenvalue weighted by atomic mass is 9.93. The molecular formula is C15H16O3. The summed E-state index contributed by atoms with van der Waals surface area (Å²) in [5.74, 6) is 1.01. The summed E-state index contributed by atoms with van der Waals surface area (Å²) in [5.41, 5.74) is 1.69. The predicted octanol–water partition coefficient (Wildman–Crippen LogP) is 2.80. The van der Waals surface area contributed by atoms with E-state index in [0.717, 1.165) is 11.3 Å². The largest absolute Gasteiger partial charge is 0.497 e. The minimum Gasteiger partial charge on any atom is -0.497 e. The van der Waals surface area contributed by atoms with E-state index in [1.54, 1.807) is 37.5 Å². The molecule has 0 unspecified atom stereocenters. The molecule has 0 saturated heterocycles. The summed E-state index contributed by atoms with van der Waals surface area (Å²) in [6.07, 6.45) is 2.51. The lowest BCUT2D eigenvalue weighted by molar-refractivity contribution is -0.114. The van der Waals surface area contributed by atoms with Crippen LogP contribution in [0.4, 0.5) is 0 Å². The highest BCUT2D eigenvalue weighted by Gasteiger charge is 2.24. The van der Waals surface area contributed by atoms with E-state index in [0.29, 0.717) is 18.4 Å². The van der Waals surface area contributed by atoms with Gasteiger partial charge in [-0.15, -0.1) is 0 Å². The van der Waals surface area contributed by atoms with Gasteiger partial charge < -0.3 is 4.74 Å². The van der Waals surface area contributed by atoms with Gasteiger partial charge in [0, 0.05) is 18.4 Å². The van der Waals surface area contributed by atoms with Crippen molar-refractivity contribution >= 4 is 11.6 Å². The molecule has 1 aromatic rings. The van der Waals surface area contributed by atoms with Gasteiger partial charge in [0.2, 0.25) is 0 Å². The Balaban J connectivity index is 2.03. The van der Waals surface area contributed by atoms with E-state index in [4.69, 9.17) is 4.74 Å². The molecule has 0 radical (unpaired) electrons. The number of rotatable bonds is 4. The highest BCUT2D eigenvalue weighted by atomic mass is 16.5. The molecule has 3 nitrogen and oxygen atoms in total. The third-order valence-corrected chi connectivity index (χ3v) is 3.32. The number of benzene rings is 1. The Kier molecular flexibility index (Phi) is 3.60. The number of carbonyl (C=O) groups excluding carboxylic acids is 2. The van der Waals surface area contributed by atoms with Gasteiger partial charge in [-0.2, -0.15) is 0 Å². The Morgan fingerprint density at radius 2 is 2.00 bits per heavy atom. The molecule has 0 spiro atoms. The van der Waals surface area contributed by atoms with Crippen molar-refractivity contribution in [3.8, 4) is 5.75 Å². The highest BCUT2D eigenvalue weighted by molar-refractivity contribution is 5.98. The number of ether oxygens (including phenoxy) is 1. The van der Waals surface area contributed by atoms with Gasteiger partial charge in [-0.25, -0.2) is 0 Å². The standard InChI is InChI=1S/C15H16O3/c1-10-7-13(16)8-12(10)9-15(17)11-3-5-14(18-2)6-4-11/h3-7,12H,8-9H2,1-2H3/t12-/m1/s1. The minimum absolute atomic E-state index is 0.0742. The molecule has 0 saturated carbocycles. The molecule has 3 heteroatoms. The van der Waals surface area contributed by atoms with Crippen molar-refractivity contribution < 1.29 is 14.3 Å². The van der Waals surface area contributed by atoms with Crippen LogP contribution in [0.2, 0.25) is 0 Å². The zero-order valence-electron chi connectivity index (χ0n) is 10.6. The third-order valence-electron chi connectivity index (χ3n) is 3.32. The number of hydrogen-bond acceptors (Lipinski definition) is 3. The SMILES string of the molecule is COc1ccc(C(=O)C[C@H]2CC(=O)C=C2C)cc1. The first-order valence-corrected chi connectivity index (χ1v) is 5.98. The van der Waals surface area contributed by atoms with Gasteiger partial charge in [-0.05, 0) is 43.2 Å². The Hall–Kier alpha value is -1.90. The summed E-state index contributed by atoms with van der Waals surface area (Å²) in [4.78, 5) is 23.3. The van der Waals surface area contributed by atoms with Crippen molar-refractivity contribution in [2.75, 3.05) is 7.11 Å². The van der Waals surface area contributed by atoms with Gasteiger partial charge in [0.05, 0.1) is 7.11 Å². The van der Waals surface area contributed by atoms with Crippen LogP contribution in [0.25, 0.3) is 0 Å². The number of methoxy groups -OCH3 is 1. The van der Waals surface area contributed by atoms with E-state index < -0.39 is 0 Å². The van der Waals surface area contributed by atoms with Gasteiger partial charge in [-0.3, -0.25) is 9.59 Å². The molecular weight excluding hydrogens is 228 g/mol. The lowest BCUT2D eigenvalue weighted by Crippen LogP contribution is -2.08. The van der Waals surface area contributed by atoms with Gasteiger partial charge in [0.25, 0.3) is 0 Å². The maximum atomic E-state index is 12.1. The number of ketones is 2. The molecule has 1 aliphatic carbocycles.